The molecule has 0 atom stereocenters. The molecule has 0 N–H and O–H groups in total. The highest BCUT2D eigenvalue weighted by Crippen LogP contribution is 2.27. The van der Waals surface area contributed by atoms with E-state index in [-0.39, 0.29) is 5.41 Å². The summed E-state index contributed by atoms with van der Waals surface area (Å²) in [6.07, 6.45) is 0.811. The number of hydrogen-bond acceptors (Lipinski definition) is 3. The molecule has 0 spiro atoms. The van der Waals surface area contributed by atoms with Crippen LogP contribution in [-0.4, -0.2) is 16.6 Å². The van der Waals surface area contributed by atoms with Gasteiger partial charge in [-0.15, -0.1) is 6.58 Å². The molecular weight excluding hydrogens is 248 g/mol. The second kappa shape index (κ2) is 5.70. The van der Waals surface area contributed by atoms with Gasteiger partial charge in [0.15, 0.2) is 0 Å². The van der Waals surface area contributed by atoms with Crippen molar-refractivity contribution in [2.75, 3.05) is 6.61 Å². The first-order chi connectivity index (χ1) is 8.21. The summed E-state index contributed by atoms with van der Waals surface area (Å²) in [4.78, 5) is 8.76. The van der Waals surface area contributed by atoms with E-state index in [2.05, 4.69) is 16.5 Å². The van der Waals surface area contributed by atoms with Gasteiger partial charge in [0, 0.05) is 17.4 Å². The Morgan fingerprint density at radius 3 is 2.44 bits per heavy atom. The van der Waals surface area contributed by atoms with Gasteiger partial charge >= 0.3 is 0 Å². The summed E-state index contributed by atoms with van der Waals surface area (Å²) in [7, 11) is 0. The number of rotatable bonds is 4. The summed E-state index contributed by atoms with van der Waals surface area (Å²) >= 11 is 6.12. The lowest BCUT2D eigenvalue weighted by Gasteiger charge is -2.19. The highest BCUT2D eigenvalue weighted by Gasteiger charge is 2.21. The van der Waals surface area contributed by atoms with Crippen LogP contribution in [-0.2, 0) is 5.41 Å². The van der Waals surface area contributed by atoms with Crippen molar-refractivity contribution in [2.45, 2.75) is 46.5 Å². The monoisotopic (exact) mass is 268 g/mol. The largest absolute Gasteiger partial charge is 0.477 e. The quantitative estimate of drug-likeness (QED) is 0.610. The molecule has 0 aliphatic rings. The minimum atomic E-state index is -0.149. The van der Waals surface area contributed by atoms with Crippen LogP contribution in [0.15, 0.2) is 12.2 Å². The fraction of sp³-hybridized carbons (Fsp3) is 0.571. The molecule has 0 aliphatic heterocycles. The third-order valence-corrected chi connectivity index (χ3v) is 2.85. The van der Waals surface area contributed by atoms with Crippen LogP contribution < -0.4 is 4.74 Å². The second-order valence-electron chi connectivity index (χ2n) is 5.57. The highest BCUT2D eigenvalue weighted by molar-refractivity contribution is 6.30. The minimum absolute atomic E-state index is 0.149. The van der Waals surface area contributed by atoms with Gasteiger partial charge in [-0.3, -0.25) is 0 Å². The van der Waals surface area contributed by atoms with Crippen molar-refractivity contribution in [3.8, 4) is 5.88 Å². The maximum absolute atomic E-state index is 6.12. The van der Waals surface area contributed by atoms with Crippen LogP contribution in [0.25, 0.3) is 0 Å². The van der Waals surface area contributed by atoms with Crippen molar-refractivity contribution in [1.29, 1.82) is 0 Å². The molecule has 1 heterocycles. The van der Waals surface area contributed by atoms with Crippen LogP contribution in [0.2, 0.25) is 5.15 Å². The SMILES string of the molecule is C=C(C)CCOc1nc(C(C)(C)C)nc(Cl)c1C. The zero-order valence-corrected chi connectivity index (χ0v) is 12.6. The van der Waals surface area contributed by atoms with Crippen LogP contribution in [0.1, 0.15) is 45.5 Å². The fourth-order valence-corrected chi connectivity index (χ4v) is 1.43. The van der Waals surface area contributed by atoms with E-state index < -0.39 is 0 Å². The third-order valence-electron chi connectivity index (χ3n) is 2.48. The molecule has 0 amide bonds. The summed E-state index contributed by atoms with van der Waals surface area (Å²) in [5, 5.41) is 0.459. The van der Waals surface area contributed by atoms with Crippen LogP contribution in [0.3, 0.4) is 0 Å². The Hall–Kier alpha value is -1.09. The van der Waals surface area contributed by atoms with Gasteiger partial charge < -0.3 is 4.74 Å². The lowest BCUT2D eigenvalue weighted by atomic mass is 9.96. The smallest absolute Gasteiger partial charge is 0.221 e. The molecule has 0 saturated carbocycles. The van der Waals surface area contributed by atoms with E-state index in [0.717, 1.165) is 17.6 Å². The topological polar surface area (TPSA) is 35.0 Å². The summed E-state index contributed by atoms with van der Waals surface area (Å²) in [6, 6.07) is 0. The maximum Gasteiger partial charge on any atom is 0.221 e. The van der Waals surface area contributed by atoms with Gasteiger partial charge in [0.1, 0.15) is 11.0 Å². The number of hydrogen-bond donors (Lipinski definition) is 0. The molecule has 0 bridgehead atoms. The van der Waals surface area contributed by atoms with E-state index in [9.17, 15) is 0 Å². The van der Waals surface area contributed by atoms with Gasteiger partial charge in [0.05, 0.1) is 6.61 Å². The lowest BCUT2D eigenvalue weighted by Crippen LogP contribution is -2.17. The second-order valence-corrected chi connectivity index (χ2v) is 5.93. The van der Waals surface area contributed by atoms with Crippen molar-refractivity contribution in [3.63, 3.8) is 0 Å². The van der Waals surface area contributed by atoms with Crippen molar-refractivity contribution in [2.24, 2.45) is 0 Å². The fourth-order valence-electron chi connectivity index (χ4n) is 1.27. The maximum atomic E-state index is 6.12. The Labute approximate surface area is 114 Å². The van der Waals surface area contributed by atoms with Crippen molar-refractivity contribution < 1.29 is 4.74 Å². The summed E-state index contributed by atoms with van der Waals surface area (Å²) < 4.78 is 5.67. The first-order valence-corrected chi connectivity index (χ1v) is 6.41. The molecule has 1 aromatic rings. The molecule has 100 valence electrons. The van der Waals surface area contributed by atoms with E-state index in [1.54, 1.807) is 0 Å². The average Bonchev–Trinajstić information content (AvgIpc) is 2.22. The van der Waals surface area contributed by atoms with Gasteiger partial charge in [0.25, 0.3) is 0 Å². The number of halogens is 1. The summed E-state index contributed by atoms with van der Waals surface area (Å²) in [5.74, 6) is 1.27. The van der Waals surface area contributed by atoms with E-state index in [1.807, 2.05) is 34.6 Å². The number of aromatic nitrogens is 2. The molecule has 3 nitrogen and oxygen atoms in total. The van der Waals surface area contributed by atoms with Crippen molar-refractivity contribution >= 4 is 11.6 Å². The molecule has 0 aliphatic carbocycles. The predicted molar refractivity (Wildman–Crippen MR) is 75.4 cm³/mol. The zero-order chi connectivity index (χ0) is 13.9. The lowest BCUT2D eigenvalue weighted by molar-refractivity contribution is 0.303. The minimum Gasteiger partial charge on any atom is -0.477 e. The molecule has 0 saturated heterocycles. The van der Waals surface area contributed by atoms with Crippen LogP contribution >= 0.6 is 11.6 Å². The van der Waals surface area contributed by atoms with E-state index in [0.29, 0.717) is 23.5 Å². The van der Waals surface area contributed by atoms with E-state index in [4.69, 9.17) is 16.3 Å². The molecule has 0 aromatic carbocycles. The predicted octanol–water partition coefficient (Wildman–Crippen LogP) is 4.08. The van der Waals surface area contributed by atoms with Crippen molar-refractivity contribution in [1.82, 2.24) is 9.97 Å². The summed E-state index contributed by atoms with van der Waals surface area (Å²) in [5.41, 5.74) is 1.72. The standard InChI is InChI=1S/C14H21ClN2O/c1-9(2)7-8-18-12-10(3)11(15)16-13(17-12)14(4,5)6/h1,7-8H2,2-6H3. The number of ether oxygens (including phenoxy) is 1. The van der Waals surface area contributed by atoms with Crippen LogP contribution in [0, 0.1) is 6.92 Å². The molecule has 1 rings (SSSR count). The van der Waals surface area contributed by atoms with Gasteiger partial charge in [-0.25, -0.2) is 4.98 Å². The van der Waals surface area contributed by atoms with Crippen LogP contribution in [0.4, 0.5) is 0 Å². The Bertz CT molecular complexity index is 450. The zero-order valence-electron chi connectivity index (χ0n) is 11.8. The molecule has 0 fully saturated rings. The van der Waals surface area contributed by atoms with E-state index in [1.165, 1.54) is 0 Å². The Kier molecular flexibility index (Phi) is 4.74. The molecule has 4 heteroatoms. The first kappa shape index (κ1) is 15.0. The molecule has 18 heavy (non-hydrogen) atoms. The van der Waals surface area contributed by atoms with E-state index >= 15 is 0 Å². The van der Waals surface area contributed by atoms with Gasteiger partial charge in [0.2, 0.25) is 5.88 Å². The average molecular weight is 269 g/mol. The Balaban J connectivity index is 2.96. The number of nitrogens with zero attached hydrogens (tertiary/aromatic N) is 2. The van der Waals surface area contributed by atoms with Gasteiger partial charge in [-0.05, 0) is 13.8 Å². The molecular formula is C14H21ClN2O. The molecule has 0 unspecified atom stereocenters. The molecule has 1 aromatic heterocycles. The normalized spacial score (nSPS) is 11.4. The van der Waals surface area contributed by atoms with Gasteiger partial charge in [-0.1, -0.05) is 37.9 Å². The first-order valence-electron chi connectivity index (χ1n) is 6.03. The Morgan fingerprint density at radius 2 is 1.94 bits per heavy atom. The Morgan fingerprint density at radius 1 is 1.33 bits per heavy atom. The van der Waals surface area contributed by atoms with Gasteiger partial charge in [-0.2, -0.15) is 4.98 Å². The molecule has 0 radical (unpaired) electrons. The third kappa shape index (κ3) is 3.98. The van der Waals surface area contributed by atoms with Crippen molar-refractivity contribution in [3.05, 3.63) is 28.7 Å². The van der Waals surface area contributed by atoms with Crippen LogP contribution in [0.5, 0.6) is 5.88 Å². The highest BCUT2D eigenvalue weighted by atomic mass is 35.5. The summed E-state index contributed by atoms with van der Waals surface area (Å²) in [6.45, 7) is 14.4.